The topological polar surface area (TPSA) is 46.2 Å². The summed E-state index contributed by atoms with van der Waals surface area (Å²) in [4.78, 5) is 0. The fraction of sp³-hybridized carbons (Fsp3) is 0.143. The Morgan fingerprint density at radius 2 is 1.18 bits per heavy atom. The molecule has 17 heavy (non-hydrogen) atoms. The van der Waals surface area contributed by atoms with E-state index in [2.05, 4.69) is 0 Å². The van der Waals surface area contributed by atoms with Crippen molar-refractivity contribution in [3.63, 3.8) is 0 Å². The quantitative estimate of drug-likeness (QED) is 0.879. The maximum absolute atomic E-state index is 10.1. The van der Waals surface area contributed by atoms with Gasteiger partial charge in [-0.15, -0.1) is 12.4 Å². The minimum Gasteiger partial charge on any atom is -0.386 e. The van der Waals surface area contributed by atoms with Crippen molar-refractivity contribution in [1.82, 2.24) is 0 Å². The number of hydrogen-bond donors (Lipinski definition) is 2. The van der Waals surface area contributed by atoms with Gasteiger partial charge in [0, 0.05) is 0 Å². The molecule has 2 nitrogen and oxygen atoms in total. The van der Waals surface area contributed by atoms with Crippen molar-refractivity contribution < 1.29 is 5.11 Å². The molecule has 2 aromatic carbocycles. The van der Waals surface area contributed by atoms with Crippen LogP contribution in [0.2, 0.25) is 0 Å². The van der Waals surface area contributed by atoms with E-state index in [0.717, 1.165) is 11.1 Å². The monoisotopic (exact) mass is 249 g/mol. The molecule has 0 saturated carbocycles. The van der Waals surface area contributed by atoms with E-state index in [1.807, 2.05) is 60.7 Å². The van der Waals surface area contributed by atoms with E-state index >= 15 is 0 Å². The number of nitrogens with two attached hydrogens (primary N) is 1. The maximum atomic E-state index is 10.1. The van der Waals surface area contributed by atoms with E-state index < -0.39 is 6.10 Å². The fourth-order valence-corrected chi connectivity index (χ4v) is 1.72. The van der Waals surface area contributed by atoms with Crippen molar-refractivity contribution in [3.8, 4) is 0 Å². The van der Waals surface area contributed by atoms with Gasteiger partial charge in [0.25, 0.3) is 0 Å². The molecule has 3 N–H and O–H groups in total. The van der Waals surface area contributed by atoms with Crippen LogP contribution in [0.5, 0.6) is 0 Å². The zero-order valence-electron chi connectivity index (χ0n) is 9.36. The molecule has 2 aromatic rings. The van der Waals surface area contributed by atoms with Gasteiger partial charge in [-0.3, -0.25) is 0 Å². The van der Waals surface area contributed by atoms with Crippen LogP contribution >= 0.6 is 12.4 Å². The molecule has 90 valence electrons. The number of benzene rings is 2. The van der Waals surface area contributed by atoms with Crippen LogP contribution < -0.4 is 5.73 Å². The van der Waals surface area contributed by atoms with E-state index in [1.54, 1.807) is 0 Å². The van der Waals surface area contributed by atoms with Gasteiger partial charge in [0.1, 0.15) is 0 Å². The molecule has 0 heterocycles. The van der Waals surface area contributed by atoms with Crippen LogP contribution in [0, 0.1) is 0 Å². The van der Waals surface area contributed by atoms with Crippen molar-refractivity contribution in [2.75, 3.05) is 0 Å². The lowest BCUT2D eigenvalue weighted by Crippen LogP contribution is -2.19. The average molecular weight is 250 g/mol. The van der Waals surface area contributed by atoms with Crippen LogP contribution in [0.4, 0.5) is 0 Å². The summed E-state index contributed by atoms with van der Waals surface area (Å²) in [5.74, 6) is 0. The Bertz CT molecular complexity index is 389. The van der Waals surface area contributed by atoms with Crippen LogP contribution in [0.15, 0.2) is 60.7 Å². The lowest BCUT2D eigenvalue weighted by molar-refractivity contribution is 0.147. The third kappa shape index (κ3) is 3.30. The normalized spacial score (nSPS) is 13.5. The molecular formula is C14H16ClNO. The standard InChI is InChI=1S/C14H15NO.ClH/c15-13(11-7-3-1-4-8-11)14(16)12-9-5-2-6-10-12;/h1-10,13-14,16H,15H2;1H. The first kappa shape index (κ1) is 13.7. The molecule has 0 aliphatic carbocycles. The predicted octanol–water partition coefficient (Wildman–Crippen LogP) is 2.84. The molecule has 0 radical (unpaired) electrons. The predicted molar refractivity (Wildman–Crippen MR) is 72.0 cm³/mol. The number of aliphatic hydroxyl groups is 1. The van der Waals surface area contributed by atoms with Gasteiger partial charge in [-0.2, -0.15) is 0 Å². The molecule has 0 aliphatic heterocycles. The minimum absolute atomic E-state index is 0. The van der Waals surface area contributed by atoms with Crippen molar-refractivity contribution in [2.24, 2.45) is 5.73 Å². The van der Waals surface area contributed by atoms with Crippen molar-refractivity contribution in [1.29, 1.82) is 0 Å². The van der Waals surface area contributed by atoms with Crippen molar-refractivity contribution in [2.45, 2.75) is 12.1 Å². The summed E-state index contributed by atoms with van der Waals surface area (Å²) < 4.78 is 0. The van der Waals surface area contributed by atoms with E-state index in [9.17, 15) is 5.11 Å². The molecule has 0 amide bonds. The molecular weight excluding hydrogens is 234 g/mol. The third-order valence-electron chi connectivity index (χ3n) is 2.67. The van der Waals surface area contributed by atoms with Crippen LogP contribution in [0.25, 0.3) is 0 Å². The van der Waals surface area contributed by atoms with Gasteiger partial charge in [0.05, 0.1) is 12.1 Å². The first-order valence-corrected chi connectivity index (χ1v) is 5.32. The van der Waals surface area contributed by atoms with Crippen molar-refractivity contribution in [3.05, 3.63) is 71.8 Å². The average Bonchev–Trinajstić information content (AvgIpc) is 2.39. The molecule has 0 bridgehead atoms. The first-order valence-electron chi connectivity index (χ1n) is 5.32. The van der Waals surface area contributed by atoms with E-state index in [4.69, 9.17) is 5.73 Å². The SMILES string of the molecule is Cl.NC(c1ccccc1)C(O)c1ccccc1. The number of rotatable bonds is 3. The lowest BCUT2D eigenvalue weighted by Gasteiger charge is -2.19. The summed E-state index contributed by atoms with van der Waals surface area (Å²) in [5, 5.41) is 10.1. The van der Waals surface area contributed by atoms with Gasteiger partial charge < -0.3 is 10.8 Å². The first-order chi connectivity index (χ1) is 7.79. The highest BCUT2D eigenvalue weighted by molar-refractivity contribution is 5.85. The fourth-order valence-electron chi connectivity index (χ4n) is 1.72. The largest absolute Gasteiger partial charge is 0.386 e. The summed E-state index contributed by atoms with van der Waals surface area (Å²) in [5.41, 5.74) is 7.81. The summed E-state index contributed by atoms with van der Waals surface area (Å²) in [6.07, 6.45) is -0.663. The Hall–Kier alpha value is -1.35. The minimum atomic E-state index is -0.663. The highest BCUT2D eigenvalue weighted by Gasteiger charge is 2.17. The molecule has 0 spiro atoms. The Morgan fingerprint density at radius 1 is 0.765 bits per heavy atom. The van der Waals surface area contributed by atoms with Gasteiger partial charge in [-0.05, 0) is 11.1 Å². The van der Waals surface area contributed by atoms with E-state index in [0.29, 0.717) is 0 Å². The maximum Gasteiger partial charge on any atom is 0.0982 e. The smallest absolute Gasteiger partial charge is 0.0982 e. The lowest BCUT2D eigenvalue weighted by atomic mass is 9.97. The summed E-state index contributed by atoms with van der Waals surface area (Å²) in [6.45, 7) is 0. The summed E-state index contributed by atoms with van der Waals surface area (Å²) >= 11 is 0. The van der Waals surface area contributed by atoms with Crippen LogP contribution in [-0.4, -0.2) is 5.11 Å². The zero-order valence-corrected chi connectivity index (χ0v) is 10.2. The molecule has 2 rings (SSSR count). The highest BCUT2D eigenvalue weighted by Crippen LogP contribution is 2.25. The third-order valence-corrected chi connectivity index (χ3v) is 2.67. The Labute approximate surface area is 108 Å². The van der Waals surface area contributed by atoms with Crippen LogP contribution in [0.3, 0.4) is 0 Å². The molecule has 2 atom stereocenters. The molecule has 0 fully saturated rings. The van der Waals surface area contributed by atoms with Gasteiger partial charge in [0.15, 0.2) is 0 Å². The van der Waals surface area contributed by atoms with Crippen molar-refractivity contribution >= 4 is 12.4 Å². The van der Waals surface area contributed by atoms with Gasteiger partial charge in [0.2, 0.25) is 0 Å². The Kier molecular flexibility index (Phi) is 5.16. The number of hydrogen-bond acceptors (Lipinski definition) is 2. The van der Waals surface area contributed by atoms with E-state index in [1.165, 1.54) is 0 Å². The second-order valence-corrected chi connectivity index (χ2v) is 3.79. The highest BCUT2D eigenvalue weighted by atomic mass is 35.5. The number of aliphatic hydroxyl groups excluding tert-OH is 1. The second kappa shape index (κ2) is 6.40. The zero-order chi connectivity index (χ0) is 11.4. The Morgan fingerprint density at radius 3 is 1.65 bits per heavy atom. The molecule has 0 saturated heterocycles. The van der Waals surface area contributed by atoms with Crippen LogP contribution in [0.1, 0.15) is 23.3 Å². The van der Waals surface area contributed by atoms with Gasteiger partial charge >= 0.3 is 0 Å². The van der Waals surface area contributed by atoms with E-state index in [-0.39, 0.29) is 18.4 Å². The molecule has 3 heteroatoms. The summed E-state index contributed by atoms with van der Waals surface area (Å²) in [7, 11) is 0. The molecule has 2 unspecified atom stereocenters. The second-order valence-electron chi connectivity index (χ2n) is 3.79. The van der Waals surface area contributed by atoms with Gasteiger partial charge in [-0.25, -0.2) is 0 Å². The molecule has 0 aromatic heterocycles. The number of halogens is 1. The van der Waals surface area contributed by atoms with Gasteiger partial charge in [-0.1, -0.05) is 60.7 Å². The Balaban J connectivity index is 0.00000144. The van der Waals surface area contributed by atoms with Crippen LogP contribution in [-0.2, 0) is 0 Å². The molecule has 0 aliphatic rings. The summed E-state index contributed by atoms with van der Waals surface area (Å²) in [6, 6.07) is 18.7.